The van der Waals surface area contributed by atoms with Gasteiger partial charge < -0.3 is 10.1 Å². The monoisotopic (exact) mass is 312 g/mol. The fourth-order valence-electron chi connectivity index (χ4n) is 2.12. The number of methoxy groups -OCH3 is 1. The van der Waals surface area contributed by atoms with E-state index in [4.69, 9.17) is 4.74 Å². The van der Waals surface area contributed by atoms with E-state index in [2.05, 4.69) is 25.4 Å². The van der Waals surface area contributed by atoms with Gasteiger partial charge in [-0.3, -0.25) is 14.9 Å². The summed E-state index contributed by atoms with van der Waals surface area (Å²) in [5.41, 5.74) is 1.09. The summed E-state index contributed by atoms with van der Waals surface area (Å²) in [6, 6.07) is 5.31. The van der Waals surface area contributed by atoms with Gasteiger partial charge in [-0.2, -0.15) is 0 Å². The van der Waals surface area contributed by atoms with E-state index in [1.54, 1.807) is 37.8 Å². The SMILES string of the molecule is COCCNc1cc(-n2[nH]cc(-c3cccnc3)c2=O)ncn1. The summed E-state index contributed by atoms with van der Waals surface area (Å²) < 4.78 is 6.34. The van der Waals surface area contributed by atoms with Crippen LogP contribution in [0.2, 0.25) is 0 Å². The Morgan fingerprint density at radius 1 is 1.39 bits per heavy atom. The molecule has 0 aliphatic rings. The van der Waals surface area contributed by atoms with Gasteiger partial charge in [-0.25, -0.2) is 14.6 Å². The summed E-state index contributed by atoms with van der Waals surface area (Å²) >= 11 is 0. The van der Waals surface area contributed by atoms with E-state index in [0.717, 1.165) is 5.56 Å². The number of hydrogen-bond donors (Lipinski definition) is 2. The van der Waals surface area contributed by atoms with Gasteiger partial charge in [0.25, 0.3) is 5.56 Å². The average molecular weight is 312 g/mol. The lowest BCUT2D eigenvalue weighted by Crippen LogP contribution is -2.18. The predicted molar refractivity (Wildman–Crippen MR) is 85.6 cm³/mol. The van der Waals surface area contributed by atoms with Crippen molar-refractivity contribution >= 4 is 5.82 Å². The Morgan fingerprint density at radius 3 is 3.09 bits per heavy atom. The van der Waals surface area contributed by atoms with Gasteiger partial charge in [0.15, 0.2) is 5.82 Å². The number of aromatic amines is 1. The zero-order valence-electron chi connectivity index (χ0n) is 12.6. The number of nitrogens with zero attached hydrogens (tertiary/aromatic N) is 4. The van der Waals surface area contributed by atoms with Gasteiger partial charge in [0.2, 0.25) is 0 Å². The van der Waals surface area contributed by atoms with Crippen molar-refractivity contribution in [2.45, 2.75) is 0 Å². The Kier molecular flexibility index (Phi) is 4.44. The first kappa shape index (κ1) is 14.9. The van der Waals surface area contributed by atoms with Gasteiger partial charge in [0.1, 0.15) is 12.1 Å². The van der Waals surface area contributed by atoms with Crippen LogP contribution >= 0.6 is 0 Å². The smallest absolute Gasteiger partial charge is 0.280 e. The van der Waals surface area contributed by atoms with Crippen LogP contribution in [0, 0.1) is 0 Å². The molecule has 3 rings (SSSR count). The van der Waals surface area contributed by atoms with Gasteiger partial charge in [0.05, 0.1) is 12.2 Å². The summed E-state index contributed by atoms with van der Waals surface area (Å²) in [6.07, 6.45) is 6.35. The molecular formula is C15H16N6O2. The van der Waals surface area contributed by atoms with Crippen molar-refractivity contribution < 1.29 is 4.74 Å². The lowest BCUT2D eigenvalue weighted by molar-refractivity contribution is 0.210. The van der Waals surface area contributed by atoms with Crippen LogP contribution in [0.5, 0.6) is 0 Å². The van der Waals surface area contributed by atoms with Gasteiger partial charge in [0, 0.05) is 43.9 Å². The second-order valence-electron chi connectivity index (χ2n) is 4.75. The number of nitrogens with one attached hydrogen (secondary N) is 2. The highest BCUT2D eigenvalue weighted by Crippen LogP contribution is 2.14. The number of aromatic nitrogens is 5. The molecule has 23 heavy (non-hydrogen) atoms. The number of anilines is 1. The fourth-order valence-corrected chi connectivity index (χ4v) is 2.12. The molecule has 0 bridgehead atoms. The number of hydrogen-bond acceptors (Lipinski definition) is 6. The summed E-state index contributed by atoms with van der Waals surface area (Å²) in [5, 5.41) is 6.02. The van der Waals surface area contributed by atoms with Crippen molar-refractivity contribution in [1.82, 2.24) is 24.7 Å². The maximum absolute atomic E-state index is 12.5. The minimum atomic E-state index is -0.195. The normalized spacial score (nSPS) is 10.7. The largest absolute Gasteiger partial charge is 0.383 e. The highest BCUT2D eigenvalue weighted by atomic mass is 16.5. The van der Waals surface area contributed by atoms with Crippen LogP contribution in [0.1, 0.15) is 0 Å². The third-order valence-corrected chi connectivity index (χ3v) is 3.24. The fraction of sp³-hybridized carbons (Fsp3) is 0.200. The maximum Gasteiger partial charge on any atom is 0.280 e. The molecule has 0 unspecified atom stereocenters. The number of ether oxygens (including phenoxy) is 1. The molecule has 3 aromatic rings. The van der Waals surface area contributed by atoms with Crippen molar-refractivity contribution in [3.8, 4) is 16.9 Å². The van der Waals surface area contributed by atoms with E-state index >= 15 is 0 Å². The number of rotatable bonds is 6. The molecule has 0 saturated heterocycles. The molecule has 0 aliphatic heterocycles. The van der Waals surface area contributed by atoms with E-state index in [9.17, 15) is 4.79 Å². The molecule has 3 aromatic heterocycles. The Hall–Kier alpha value is -3.00. The van der Waals surface area contributed by atoms with Crippen LogP contribution in [-0.4, -0.2) is 45.0 Å². The zero-order valence-corrected chi connectivity index (χ0v) is 12.6. The van der Waals surface area contributed by atoms with Crippen molar-refractivity contribution in [2.24, 2.45) is 0 Å². The molecule has 0 amide bonds. The first-order valence-corrected chi connectivity index (χ1v) is 7.05. The van der Waals surface area contributed by atoms with Crippen molar-refractivity contribution in [3.63, 3.8) is 0 Å². The third-order valence-electron chi connectivity index (χ3n) is 3.24. The van der Waals surface area contributed by atoms with Crippen LogP contribution in [0.3, 0.4) is 0 Å². The second kappa shape index (κ2) is 6.84. The summed E-state index contributed by atoms with van der Waals surface area (Å²) in [6.45, 7) is 1.18. The second-order valence-corrected chi connectivity index (χ2v) is 4.75. The van der Waals surface area contributed by atoms with Crippen LogP contribution in [0.4, 0.5) is 5.82 Å². The van der Waals surface area contributed by atoms with Crippen LogP contribution in [-0.2, 0) is 4.74 Å². The Labute approximate surface area is 132 Å². The van der Waals surface area contributed by atoms with Gasteiger partial charge in [-0.1, -0.05) is 6.07 Å². The Bertz CT molecular complexity index is 827. The summed E-state index contributed by atoms with van der Waals surface area (Å²) in [5.74, 6) is 1.08. The maximum atomic E-state index is 12.5. The van der Waals surface area contributed by atoms with Crippen molar-refractivity contribution in [3.05, 3.63) is 53.5 Å². The quantitative estimate of drug-likeness (QED) is 0.661. The topological polar surface area (TPSA) is 97.7 Å². The average Bonchev–Trinajstić information content (AvgIpc) is 2.98. The number of H-pyrrole nitrogens is 1. The molecule has 0 fully saturated rings. The molecule has 0 aromatic carbocycles. The predicted octanol–water partition coefficient (Wildman–Crippen LogP) is 1.08. The first-order valence-electron chi connectivity index (χ1n) is 7.05. The highest BCUT2D eigenvalue weighted by molar-refractivity contribution is 5.60. The molecule has 0 spiro atoms. The number of pyridine rings is 1. The Balaban J connectivity index is 1.90. The van der Waals surface area contributed by atoms with E-state index in [0.29, 0.717) is 30.4 Å². The lowest BCUT2D eigenvalue weighted by atomic mass is 10.2. The molecule has 2 N–H and O–H groups in total. The van der Waals surface area contributed by atoms with Crippen LogP contribution in [0.15, 0.2) is 47.9 Å². The van der Waals surface area contributed by atoms with Crippen molar-refractivity contribution in [2.75, 3.05) is 25.6 Å². The minimum absolute atomic E-state index is 0.195. The third kappa shape index (κ3) is 3.27. The lowest BCUT2D eigenvalue weighted by Gasteiger charge is -2.06. The zero-order chi connectivity index (χ0) is 16.1. The molecule has 0 atom stereocenters. The van der Waals surface area contributed by atoms with Crippen molar-refractivity contribution in [1.29, 1.82) is 0 Å². The summed E-state index contributed by atoms with van der Waals surface area (Å²) in [7, 11) is 1.63. The van der Waals surface area contributed by atoms with E-state index in [1.165, 1.54) is 11.0 Å². The summed E-state index contributed by atoms with van der Waals surface area (Å²) in [4.78, 5) is 24.8. The van der Waals surface area contributed by atoms with Gasteiger partial charge >= 0.3 is 0 Å². The Morgan fingerprint density at radius 2 is 2.30 bits per heavy atom. The van der Waals surface area contributed by atoms with Gasteiger partial charge in [-0.15, -0.1) is 0 Å². The molecule has 118 valence electrons. The molecule has 0 radical (unpaired) electrons. The van der Waals surface area contributed by atoms with Crippen LogP contribution < -0.4 is 10.9 Å². The molecule has 3 heterocycles. The first-order chi connectivity index (χ1) is 11.3. The molecule has 8 nitrogen and oxygen atoms in total. The minimum Gasteiger partial charge on any atom is -0.383 e. The van der Waals surface area contributed by atoms with Gasteiger partial charge in [-0.05, 0) is 6.07 Å². The van der Waals surface area contributed by atoms with Crippen LogP contribution in [0.25, 0.3) is 16.9 Å². The van der Waals surface area contributed by atoms with E-state index in [1.807, 2.05) is 6.07 Å². The molecule has 0 aliphatic carbocycles. The molecule has 0 saturated carbocycles. The highest BCUT2D eigenvalue weighted by Gasteiger charge is 2.11. The standard InChI is InChI=1S/C15H16N6O2/c1-23-6-5-17-13-7-14(19-10-18-13)21-15(22)12(9-20-21)11-3-2-4-16-8-11/h2-4,7-10,20H,5-6H2,1H3,(H,17,18,19). The molecule has 8 heteroatoms. The van der Waals surface area contributed by atoms with E-state index in [-0.39, 0.29) is 5.56 Å². The van der Waals surface area contributed by atoms with E-state index < -0.39 is 0 Å². The molecular weight excluding hydrogens is 296 g/mol.